The van der Waals surface area contributed by atoms with Crippen LogP contribution in [0.15, 0.2) is 42.5 Å². The predicted octanol–water partition coefficient (Wildman–Crippen LogP) is 3.04. The number of fused-ring (bicyclic) bond motifs is 1. The van der Waals surface area contributed by atoms with Crippen molar-refractivity contribution in [1.82, 2.24) is 0 Å². The second kappa shape index (κ2) is 5.48. The van der Waals surface area contributed by atoms with Gasteiger partial charge in [-0.05, 0) is 36.6 Å². The number of aromatic hydroxyl groups is 1. The molecule has 0 atom stereocenters. The lowest BCUT2D eigenvalue weighted by atomic mass is 9.96. The van der Waals surface area contributed by atoms with E-state index < -0.39 is 5.97 Å². The van der Waals surface area contributed by atoms with Crippen molar-refractivity contribution in [2.75, 3.05) is 11.4 Å². The maximum atomic E-state index is 11.3. The fraction of sp³-hybridized carbons (Fsp3) is 0.235. The number of carboxylic acid groups (broad SMARTS) is 1. The quantitative estimate of drug-likeness (QED) is 0.909. The summed E-state index contributed by atoms with van der Waals surface area (Å²) in [5, 5.41) is 19.2. The molecular weight excluding hydrogens is 266 g/mol. The number of phenolic OH excluding ortho intramolecular Hbond substituents is 1. The van der Waals surface area contributed by atoms with Gasteiger partial charge in [0.2, 0.25) is 0 Å². The predicted molar refractivity (Wildman–Crippen MR) is 80.9 cm³/mol. The van der Waals surface area contributed by atoms with E-state index in [2.05, 4.69) is 4.90 Å². The maximum absolute atomic E-state index is 11.3. The molecule has 0 amide bonds. The number of aromatic carboxylic acids is 1. The molecule has 2 N–H and O–H groups in total. The molecule has 1 aliphatic heterocycles. The number of benzene rings is 2. The number of para-hydroxylation sites is 1. The van der Waals surface area contributed by atoms with Crippen LogP contribution in [0, 0.1) is 0 Å². The van der Waals surface area contributed by atoms with Gasteiger partial charge in [0.1, 0.15) is 5.75 Å². The highest BCUT2D eigenvalue weighted by atomic mass is 16.4. The molecule has 0 fully saturated rings. The van der Waals surface area contributed by atoms with Crippen molar-refractivity contribution in [3.63, 3.8) is 0 Å². The molecule has 108 valence electrons. The number of hydrogen-bond acceptors (Lipinski definition) is 3. The second-order valence-electron chi connectivity index (χ2n) is 5.26. The van der Waals surface area contributed by atoms with Gasteiger partial charge in [0.05, 0.1) is 5.56 Å². The summed E-state index contributed by atoms with van der Waals surface area (Å²) in [6, 6.07) is 12.7. The Balaban J connectivity index is 1.96. The zero-order valence-electron chi connectivity index (χ0n) is 11.6. The molecule has 0 radical (unpaired) electrons. The summed E-state index contributed by atoms with van der Waals surface area (Å²) in [7, 11) is 0. The standard InChI is InChI=1S/C17H17NO3/c19-16-9-2-1-5-12(16)11-18-10-4-7-13-14(17(20)21)6-3-8-15(13)18/h1-3,5-6,8-9,19H,4,7,10-11H2,(H,20,21). The summed E-state index contributed by atoms with van der Waals surface area (Å²) in [5.74, 6) is -0.602. The van der Waals surface area contributed by atoms with Crippen molar-refractivity contribution in [1.29, 1.82) is 0 Å². The van der Waals surface area contributed by atoms with Crippen LogP contribution in [0.1, 0.15) is 27.9 Å². The summed E-state index contributed by atoms with van der Waals surface area (Å²) in [4.78, 5) is 13.5. The smallest absolute Gasteiger partial charge is 0.336 e. The van der Waals surface area contributed by atoms with Crippen LogP contribution in [-0.2, 0) is 13.0 Å². The van der Waals surface area contributed by atoms with Crippen molar-refractivity contribution >= 4 is 11.7 Å². The van der Waals surface area contributed by atoms with Crippen LogP contribution in [0.25, 0.3) is 0 Å². The zero-order chi connectivity index (χ0) is 14.8. The van der Waals surface area contributed by atoms with Gasteiger partial charge in [-0.15, -0.1) is 0 Å². The first kappa shape index (κ1) is 13.5. The van der Waals surface area contributed by atoms with Gasteiger partial charge in [-0.1, -0.05) is 24.3 Å². The van der Waals surface area contributed by atoms with Crippen LogP contribution < -0.4 is 4.90 Å². The number of anilines is 1. The van der Waals surface area contributed by atoms with Gasteiger partial charge in [0.15, 0.2) is 0 Å². The number of carbonyl (C=O) groups is 1. The van der Waals surface area contributed by atoms with Gasteiger partial charge in [0.25, 0.3) is 0 Å². The summed E-state index contributed by atoms with van der Waals surface area (Å²) in [5.41, 5.74) is 3.09. The van der Waals surface area contributed by atoms with Gasteiger partial charge in [0, 0.05) is 24.3 Å². The Morgan fingerprint density at radius 1 is 1.14 bits per heavy atom. The molecule has 0 aliphatic carbocycles. The summed E-state index contributed by atoms with van der Waals surface area (Å²) in [6.45, 7) is 1.45. The van der Waals surface area contributed by atoms with E-state index in [1.54, 1.807) is 24.3 Å². The number of rotatable bonds is 3. The van der Waals surface area contributed by atoms with Crippen molar-refractivity contribution in [3.05, 3.63) is 59.2 Å². The fourth-order valence-corrected chi connectivity index (χ4v) is 2.92. The van der Waals surface area contributed by atoms with Gasteiger partial charge in [-0.25, -0.2) is 4.79 Å². The Morgan fingerprint density at radius 2 is 1.95 bits per heavy atom. The fourth-order valence-electron chi connectivity index (χ4n) is 2.92. The molecule has 0 saturated carbocycles. The molecule has 0 bridgehead atoms. The zero-order valence-corrected chi connectivity index (χ0v) is 11.6. The lowest BCUT2D eigenvalue weighted by Gasteiger charge is -2.32. The first-order chi connectivity index (χ1) is 10.2. The topological polar surface area (TPSA) is 60.8 Å². The third-order valence-corrected chi connectivity index (χ3v) is 3.93. The number of phenols is 1. The molecule has 4 heteroatoms. The summed E-state index contributed by atoms with van der Waals surface area (Å²) >= 11 is 0. The maximum Gasteiger partial charge on any atom is 0.336 e. The number of carboxylic acids is 1. The van der Waals surface area contributed by atoms with E-state index in [1.807, 2.05) is 18.2 Å². The van der Waals surface area contributed by atoms with Gasteiger partial charge in [-0.3, -0.25) is 0 Å². The summed E-state index contributed by atoms with van der Waals surface area (Å²) in [6.07, 6.45) is 1.71. The van der Waals surface area contributed by atoms with Crippen LogP contribution >= 0.6 is 0 Å². The van der Waals surface area contributed by atoms with E-state index in [0.717, 1.165) is 36.2 Å². The number of nitrogens with zero attached hydrogens (tertiary/aromatic N) is 1. The van der Waals surface area contributed by atoms with E-state index in [9.17, 15) is 15.0 Å². The van der Waals surface area contributed by atoms with Crippen LogP contribution in [0.3, 0.4) is 0 Å². The number of hydrogen-bond donors (Lipinski definition) is 2. The molecule has 2 aromatic carbocycles. The Bertz CT molecular complexity index is 681. The SMILES string of the molecule is O=C(O)c1cccc2c1CCCN2Cc1ccccc1O. The van der Waals surface area contributed by atoms with E-state index in [1.165, 1.54) is 0 Å². The highest BCUT2D eigenvalue weighted by molar-refractivity contribution is 5.91. The average Bonchev–Trinajstić information content (AvgIpc) is 2.49. The Morgan fingerprint density at radius 3 is 2.71 bits per heavy atom. The first-order valence-corrected chi connectivity index (χ1v) is 7.04. The first-order valence-electron chi connectivity index (χ1n) is 7.04. The highest BCUT2D eigenvalue weighted by Crippen LogP contribution is 2.32. The molecule has 0 aromatic heterocycles. The molecule has 3 rings (SSSR count). The van der Waals surface area contributed by atoms with Crippen molar-refractivity contribution in [2.45, 2.75) is 19.4 Å². The van der Waals surface area contributed by atoms with E-state index in [-0.39, 0.29) is 5.75 Å². The molecule has 1 heterocycles. The average molecular weight is 283 g/mol. The minimum Gasteiger partial charge on any atom is -0.508 e. The Hall–Kier alpha value is -2.49. The minimum absolute atomic E-state index is 0.277. The van der Waals surface area contributed by atoms with Crippen LogP contribution in [-0.4, -0.2) is 22.7 Å². The molecule has 21 heavy (non-hydrogen) atoms. The lowest BCUT2D eigenvalue weighted by molar-refractivity contribution is 0.0695. The molecule has 4 nitrogen and oxygen atoms in total. The minimum atomic E-state index is -0.878. The lowest BCUT2D eigenvalue weighted by Crippen LogP contribution is -2.29. The summed E-state index contributed by atoms with van der Waals surface area (Å²) < 4.78 is 0. The molecule has 0 spiro atoms. The molecular formula is C17H17NO3. The van der Waals surface area contributed by atoms with E-state index in [4.69, 9.17) is 0 Å². The molecule has 1 aliphatic rings. The highest BCUT2D eigenvalue weighted by Gasteiger charge is 2.22. The second-order valence-corrected chi connectivity index (χ2v) is 5.26. The monoisotopic (exact) mass is 283 g/mol. The Kier molecular flexibility index (Phi) is 3.52. The van der Waals surface area contributed by atoms with Crippen molar-refractivity contribution in [2.24, 2.45) is 0 Å². The largest absolute Gasteiger partial charge is 0.508 e. The van der Waals surface area contributed by atoms with Crippen LogP contribution in [0.2, 0.25) is 0 Å². The van der Waals surface area contributed by atoms with E-state index in [0.29, 0.717) is 12.1 Å². The van der Waals surface area contributed by atoms with E-state index >= 15 is 0 Å². The molecule has 2 aromatic rings. The van der Waals surface area contributed by atoms with Gasteiger partial charge < -0.3 is 15.1 Å². The van der Waals surface area contributed by atoms with Crippen molar-refractivity contribution < 1.29 is 15.0 Å². The molecule has 0 unspecified atom stereocenters. The van der Waals surface area contributed by atoms with Gasteiger partial charge >= 0.3 is 5.97 Å². The molecule has 0 saturated heterocycles. The van der Waals surface area contributed by atoms with Crippen LogP contribution in [0.4, 0.5) is 5.69 Å². The third kappa shape index (κ3) is 2.57. The van der Waals surface area contributed by atoms with Gasteiger partial charge in [-0.2, -0.15) is 0 Å². The Labute approximate surface area is 123 Å². The third-order valence-electron chi connectivity index (χ3n) is 3.93. The normalized spacial score (nSPS) is 13.8. The van der Waals surface area contributed by atoms with Crippen molar-refractivity contribution in [3.8, 4) is 5.75 Å². The van der Waals surface area contributed by atoms with Crippen LogP contribution in [0.5, 0.6) is 5.75 Å².